The summed E-state index contributed by atoms with van der Waals surface area (Å²) in [5.41, 5.74) is 3.02. The van der Waals surface area contributed by atoms with Crippen LogP contribution in [0.3, 0.4) is 0 Å². The summed E-state index contributed by atoms with van der Waals surface area (Å²) in [5.74, 6) is 0.630. The minimum atomic E-state index is -0.220. The maximum absolute atomic E-state index is 13.6. The fraction of sp³-hybridized carbons (Fsp3) is 0.333. The third kappa shape index (κ3) is 3.61. The lowest BCUT2D eigenvalue weighted by atomic mass is 9.94. The number of aryl methyl sites for hydroxylation is 1. The van der Waals surface area contributed by atoms with Crippen molar-refractivity contribution in [2.45, 2.75) is 26.3 Å². The normalized spacial score (nSPS) is 12.2. The third-order valence-corrected chi connectivity index (χ3v) is 3.53. The fourth-order valence-electron chi connectivity index (χ4n) is 2.46. The lowest BCUT2D eigenvalue weighted by Gasteiger charge is -2.22. The van der Waals surface area contributed by atoms with E-state index in [1.165, 1.54) is 6.07 Å². The molecule has 1 unspecified atom stereocenters. The first-order chi connectivity index (χ1) is 10.2. The first kappa shape index (κ1) is 15.5. The molecular formula is C18H22FNO. The van der Waals surface area contributed by atoms with Gasteiger partial charge in [-0.2, -0.15) is 0 Å². The molecule has 2 aromatic rings. The van der Waals surface area contributed by atoms with Crippen LogP contribution < -0.4 is 10.1 Å². The summed E-state index contributed by atoms with van der Waals surface area (Å²) >= 11 is 0. The van der Waals surface area contributed by atoms with Crippen LogP contribution in [-0.4, -0.2) is 13.7 Å². The van der Waals surface area contributed by atoms with E-state index in [-0.39, 0.29) is 11.9 Å². The second-order valence-corrected chi connectivity index (χ2v) is 5.11. The highest BCUT2D eigenvalue weighted by molar-refractivity contribution is 5.44. The number of benzene rings is 2. The molecule has 0 heterocycles. The number of nitrogens with one attached hydrogen (secondary N) is 1. The van der Waals surface area contributed by atoms with Crippen molar-refractivity contribution >= 4 is 0 Å². The van der Waals surface area contributed by atoms with Gasteiger partial charge in [-0.05, 0) is 49.7 Å². The Morgan fingerprint density at radius 2 is 1.90 bits per heavy atom. The average molecular weight is 287 g/mol. The van der Waals surface area contributed by atoms with E-state index in [2.05, 4.69) is 12.2 Å². The number of hydrogen-bond acceptors (Lipinski definition) is 2. The van der Waals surface area contributed by atoms with E-state index in [4.69, 9.17) is 4.74 Å². The zero-order valence-electron chi connectivity index (χ0n) is 12.8. The molecule has 0 spiro atoms. The molecule has 0 aromatic heterocycles. The van der Waals surface area contributed by atoms with Gasteiger partial charge >= 0.3 is 0 Å². The SMILES string of the molecule is CCCOc1ccccc1C(NC)c1cc(F)ccc1C. The molecule has 21 heavy (non-hydrogen) atoms. The molecule has 2 nitrogen and oxygen atoms in total. The monoisotopic (exact) mass is 287 g/mol. The predicted octanol–water partition coefficient (Wildman–Crippen LogP) is 4.23. The van der Waals surface area contributed by atoms with Gasteiger partial charge in [-0.3, -0.25) is 0 Å². The Labute approximate surface area is 126 Å². The second kappa shape index (κ2) is 7.23. The van der Waals surface area contributed by atoms with E-state index in [1.807, 2.05) is 44.3 Å². The van der Waals surface area contributed by atoms with E-state index in [0.29, 0.717) is 6.61 Å². The van der Waals surface area contributed by atoms with Crippen LogP contribution in [0.5, 0.6) is 5.75 Å². The Bertz CT molecular complexity index is 598. The topological polar surface area (TPSA) is 21.3 Å². The maximum Gasteiger partial charge on any atom is 0.124 e. The molecule has 2 rings (SSSR count). The van der Waals surface area contributed by atoms with Gasteiger partial charge in [0.25, 0.3) is 0 Å². The molecule has 0 aliphatic heterocycles. The van der Waals surface area contributed by atoms with E-state index < -0.39 is 0 Å². The van der Waals surface area contributed by atoms with Gasteiger partial charge in [-0.25, -0.2) is 4.39 Å². The smallest absolute Gasteiger partial charge is 0.124 e. The van der Waals surface area contributed by atoms with Crippen molar-refractivity contribution in [1.82, 2.24) is 5.32 Å². The minimum Gasteiger partial charge on any atom is -0.493 e. The minimum absolute atomic E-state index is 0.0891. The van der Waals surface area contributed by atoms with E-state index in [1.54, 1.807) is 6.07 Å². The molecule has 0 radical (unpaired) electrons. The van der Waals surface area contributed by atoms with Crippen LogP contribution in [-0.2, 0) is 0 Å². The number of ether oxygens (including phenoxy) is 1. The van der Waals surface area contributed by atoms with E-state index in [9.17, 15) is 4.39 Å². The molecule has 0 saturated heterocycles. The summed E-state index contributed by atoms with van der Waals surface area (Å²) in [6.07, 6.45) is 0.956. The summed E-state index contributed by atoms with van der Waals surface area (Å²) in [6.45, 7) is 4.75. The number of rotatable bonds is 6. The molecule has 0 amide bonds. The molecule has 1 atom stereocenters. The van der Waals surface area contributed by atoms with Crippen molar-refractivity contribution in [3.05, 3.63) is 65.0 Å². The van der Waals surface area contributed by atoms with Crippen LogP contribution in [0.25, 0.3) is 0 Å². The van der Waals surface area contributed by atoms with Crippen LogP contribution in [0, 0.1) is 12.7 Å². The summed E-state index contributed by atoms with van der Waals surface area (Å²) < 4.78 is 19.4. The molecule has 0 aliphatic carbocycles. The van der Waals surface area contributed by atoms with Crippen LogP contribution in [0.15, 0.2) is 42.5 Å². The Morgan fingerprint density at radius 1 is 1.14 bits per heavy atom. The average Bonchev–Trinajstić information content (AvgIpc) is 2.50. The Balaban J connectivity index is 2.44. The highest BCUT2D eigenvalue weighted by atomic mass is 19.1. The maximum atomic E-state index is 13.6. The zero-order chi connectivity index (χ0) is 15.2. The van der Waals surface area contributed by atoms with Gasteiger partial charge in [-0.15, -0.1) is 0 Å². The van der Waals surface area contributed by atoms with Crippen molar-refractivity contribution < 1.29 is 9.13 Å². The van der Waals surface area contributed by atoms with Crippen LogP contribution in [0.2, 0.25) is 0 Å². The number of halogens is 1. The van der Waals surface area contributed by atoms with Gasteiger partial charge in [0.1, 0.15) is 11.6 Å². The predicted molar refractivity (Wildman–Crippen MR) is 84.3 cm³/mol. The summed E-state index contributed by atoms with van der Waals surface area (Å²) in [4.78, 5) is 0. The molecule has 3 heteroatoms. The molecule has 1 N–H and O–H groups in total. The van der Waals surface area contributed by atoms with Crippen molar-refractivity contribution in [2.24, 2.45) is 0 Å². The van der Waals surface area contributed by atoms with Crippen molar-refractivity contribution in [1.29, 1.82) is 0 Å². The number of hydrogen-bond donors (Lipinski definition) is 1. The second-order valence-electron chi connectivity index (χ2n) is 5.11. The fourth-order valence-corrected chi connectivity index (χ4v) is 2.46. The van der Waals surface area contributed by atoms with Gasteiger partial charge in [0.05, 0.1) is 12.6 Å². The molecule has 0 bridgehead atoms. The Kier molecular flexibility index (Phi) is 5.34. The highest BCUT2D eigenvalue weighted by Gasteiger charge is 2.18. The first-order valence-corrected chi connectivity index (χ1v) is 7.32. The first-order valence-electron chi connectivity index (χ1n) is 7.32. The van der Waals surface area contributed by atoms with Gasteiger partial charge in [0.2, 0.25) is 0 Å². The zero-order valence-corrected chi connectivity index (χ0v) is 12.8. The van der Waals surface area contributed by atoms with Gasteiger partial charge in [-0.1, -0.05) is 31.2 Å². The van der Waals surface area contributed by atoms with Crippen molar-refractivity contribution in [3.8, 4) is 5.75 Å². The largest absolute Gasteiger partial charge is 0.493 e. The Hall–Kier alpha value is -1.87. The van der Waals surface area contributed by atoms with E-state index in [0.717, 1.165) is 28.9 Å². The van der Waals surface area contributed by atoms with Crippen LogP contribution >= 0.6 is 0 Å². The summed E-state index contributed by atoms with van der Waals surface area (Å²) in [5, 5.41) is 3.27. The number of para-hydroxylation sites is 1. The van der Waals surface area contributed by atoms with Crippen molar-refractivity contribution in [3.63, 3.8) is 0 Å². The molecule has 0 aliphatic rings. The molecular weight excluding hydrogens is 265 g/mol. The highest BCUT2D eigenvalue weighted by Crippen LogP contribution is 2.31. The summed E-state index contributed by atoms with van der Waals surface area (Å²) in [6, 6.07) is 12.7. The molecule has 0 saturated carbocycles. The quantitative estimate of drug-likeness (QED) is 0.858. The Morgan fingerprint density at radius 3 is 2.62 bits per heavy atom. The van der Waals surface area contributed by atoms with E-state index >= 15 is 0 Å². The van der Waals surface area contributed by atoms with Gasteiger partial charge < -0.3 is 10.1 Å². The van der Waals surface area contributed by atoms with Crippen LogP contribution in [0.4, 0.5) is 4.39 Å². The molecule has 0 fully saturated rings. The van der Waals surface area contributed by atoms with Gasteiger partial charge in [0, 0.05) is 5.56 Å². The van der Waals surface area contributed by atoms with Gasteiger partial charge in [0.15, 0.2) is 0 Å². The van der Waals surface area contributed by atoms with Crippen molar-refractivity contribution in [2.75, 3.05) is 13.7 Å². The third-order valence-electron chi connectivity index (χ3n) is 3.53. The molecule has 2 aromatic carbocycles. The lowest BCUT2D eigenvalue weighted by Crippen LogP contribution is -2.20. The lowest BCUT2D eigenvalue weighted by molar-refractivity contribution is 0.312. The molecule has 112 valence electrons. The standard InChI is InChI=1S/C18H22FNO/c1-4-11-21-17-8-6-5-7-15(17)18(20-3)16-12-14(19)10-9-13(16)2/h5-10,12,18,20H,4,11H2,1-3H3. The summed E-state index contributed by atoms with van der Waals surface area (Å²) in [7, 11) is 1.88. The van der Waals surface area contributed by atoms with Crippen LogP contribution in [0.1, 0.15) is 36.1 Å².